The minimum absolute atomic E-state index is 0.0875. The van der Waals surface area contributed by atoms with Gasteiger partial charge in [0.15, 0.2) is 17.2 Å². The van der Waals surface area contributed by atoms with Gasteiger partial charge in [-0.2, -0.15) is 5.10 Å². The fourth-order valence-electron chi connectivity index (χ4n) is 2.59. The Labute approximate surface area is 167 Å². The van der Waals surface area contributed by atoms with Crippen LogP contribution in [0.4, 0.5) is 11.5 Å². The van der Waals surface area contributed by atoms with Crippen LogP contribution in [0.15, 0.2) is 35.2 Å². The maximum absolute atomic E-state index is 12.6. The molecule has 152 valence electrons. The van der Waals surface area contributed by atoms with Crippen LogP contribution in [0.1, 0.15) is 34.3 Å². The van der Waals surface area contributed by atoms with E-state index in [2.05, 4.69) is 25.7 Å². The van der Waals surface area contributed by atoms with Crippen molar-refractivity contribution in [2.75, 3.05) is 30.9 Å². The summed E-state index contributed by atoms with van der Waals surface area (Å²) in [6, 6.07) is 3.50. The Kier molecular flexibility index (Phi) is 6.35. The third-order valence-corrected chi connectivity index (χ3v) is 4.02. The van der Waals surface area contributed by atoms with Crippen LogP contribution in [0.5, 0.6) is 0 Å². The molecule has 0 aliphatic rings. The van der Waals surface area contributed by atoms with Gasteiger partial charge in [-0.25, -0.2) is 9.97 Å². The zero-order valence-corrected chi connectivity index (χ0v) is 16.4. The van der Waals surface area contributed by atoms with E-state index in [1.165, 1.54) is 10.9 Å². The van der Waals surface area contributed by atoms with Crippen LogP contribution in [0.3, 0.4) is 0 Å². The van der Waals surface area contributed by atoms with Gasteiger partial charge in [0.25, 0.3) is 5.91 Å². The molecule has 0 spiro atoms. The van der Waals surface area contributed by atoms with E-state index in [0.29, 0.717) is 30.2 Å². The van der Waals surface area contributed by atoms with Crippen molar-refractivity contribution in [3.63, 3.8) is 0 Å². The summed E-state index contributed by atoms with van der Waals surface area (Å²) in [7, 11) is 3.30. The summed E-state index contributed by atoms with van der Waals surface area (Å²) in [5, 5.41) is 9.89. The molecule has 3 heterocycles. The molecule has 3 aromatic heterocycles. The first kappa shape index (κ1) is 20.2. The van der Waals surface area contributed by atoms with E-state index in [0.717, 1.165) is 0 Å². The Morgan fingerprint density at radius 2 is 2.17 bits per heavy atom. The van der Waals surface area contributed by atoms with E-state index in [4.69, 9.17) is 9.15 Å². The molecule has 0 atom stereocenters. The SMILES string of the molecule is CCC(=O)c1nn(C)cc1NC(=O)c1coc(-c2ccnc(NCCOC)c2)n1. The molecule has 0 fully saturated rings. The van der Waals surface area contributed by atoms with E-state index in [1.807, 2.05) is 0 Å². The highest BCUT2D eigenvalue weighted by Gasteiger charge is 2.19. The first-order chi connectivity index (χ1) is 14.0. The number of carbonyl (C=O) groups excluding carboxylic acids is 2. The number of nitrogens with one attached hydrogen (secondary N) is 2. The number of Topliss-reactive ketones (excluding diaryl/α,β-unsaturated/α-hetero) is 1. The Morgan fingerprint density at radius 3 is 2.93 bits per heavy atom. The molecular weight excluding hydrogens is 376 g/mol. The van der Waals surface area contributed by atoms with Crippen LogP contribution in [0.25, 0.3) is 11.5 Å². The van der Waals surface area contributed by atoms with Crippen LogP contribution < -0.4 is 10.6 Å². The van der Waals surface area contributed by atoms with Gasteiger partial charge in [0.1, 0.15) is 12.1 Å². The lowest BCUT2D eigenvalue weighted by atomic mass is 10.2. The van der Waals surface area contributed by atoms with E-state index < -0.39 is 5.91 Å². The minimum Gasteiger partial charge on any atom is -0.444 e. The van der Waals surface area contributed by atoms with Gasteiger partial charge in [-0.05, 0) is 12.1 Å². The smallest absolute Gasteiger partial charge is 0.277 e. The molecule has 3 rings (SSSR count). The molecule has 10 nitrogen and oxygen atoms in total. The number of anilines is 2. The summed E-state index contributed by atoms with van der Waals surface area (Å²) < 4.78 is 11.9. The number of pyridine rings is 1. The van der Waals surface area contributed by atoms with Crippen molar-refractivity contribution < 1.29 is 18.7 Å². The van der Waals surface area contributed by atoms with Gasteiger partial charge in [-0.15, -0.1) is 0 Å². The summed E-state index contributed by atoms with van der Waals surface area (Å²) in [6.45, 7) is 2.89. The first-order valence-corrected chi connectivity index (χ1v) is 9.04. The molecule has 2 N–H and O–H groups in total. The number of carbonyl (C=O) groups is 2. The molecule has 29 heavy (non-hydrogen) atoms. The zero-order valence-electron chi connectivity index (χ0n) is 16.4. The average Bonchev–Trinajstić information content (AvgIpc) is 3.35. The van der Waals surface area contributed by atoms with Crippen LogP contribution in [-0.2, 0) is 11.8 Å². The minimum atomic E-state index is -0.495. The summed E-state index contributed by atoms with van der Waals surface area (Å²) in [5.74, 6) is 0.267. The fourth-order valence-corrected chi connectivity index (χ4v) is 2.59. The monoisotopic (exact) mass is 398 g/mol. The van der Waals surface area contributed by atoms with Crippen molar-refractivity contribution in [1.82, 2.24) is 19.7 Å². The summed E-state index contributed by atoms with van der Waals surface area (Å²) in [4.78, 5) is 33.0. The fraction of sp³-hybridized carbons (Fsp3) is 0.316. The number of hydrogen-bond acceptors (Lipinski definition) is 8. The van der Waals surface area contributed by atoms with Gasteiger partial charge in [0.05, 0.1) is 12.3 Å². The number of methoxy groups -OCH3 is 1. The lowest BCUT2D eigenvalue weighted by molar-refractivity contribution is 0.0983. The summed E-state index contributed by atoms with van der Waals surface area (Å²) in [5.41, 5.74) is 1.31. The van der Waals surface area contributed by atoms with Gasteiger partial charge >= 0.3 is 0 Å². The van der Waals surface area contributed by atoms with Gasteiger partial charge in [-0.1, -0.05) is 6.92 Å². The number of aryl methyl sites for hydroxylation is 1. The van der Waals surface area contributed by atoms with E-state index in [1.54, 1.807) is 45.6 Å². The summed E-state index contributed by atoms with van der Waals surface area (Å²) in [6.07, 6.45) is 4.74. The predicted molar refractivity (Wildman–Crippen MR) is 106 cm³/mol. The van der Waals surface area contributed by atoms with Crippen LogP contribution in [0.2, 0.25) is 0 Å². The maximum Gasteiger partial charge on any atom is 0.277 e. The van der Waals surface area contributed by atoms with Crippen molar-refractivity contribution in [3.8, 4) is 11.5 Å². The zero-order chi connectivity index (χ0) is 20.8. The quantitative estimate of drug-likeness (QED) is 0.416. The number of nitrogens with zero attached hydrogens (tertiary/aromatic N) is 4. The number of hydrogen-bond donors (Lipinski definition) is 2. The highest BCUT2D eigenvalue weighted by Crippen LogP contribution is 2.22. The van der Waals surface area contributed by atoms with Crippen LogP contribution >= 0.6 is 0 Å². The lowest BCUT2D eigenvalue weighted by Crippen LogP contribution is -2.14. The Balaban J connectivity index is 1.74. The average molecular weight is 398 g/mol. The van der Waals surface area contributed by atoms with Gasteiger partial charge < -0.3 is 19.8 Å². The Morgan fingerprint density at radius 1 is 1.34 bits per heavy atom. The van der Waals surface area contributed by atoms with Gasteiger partial charge in [0, 0.05) is 45.1 Å². The van der Waals surface area contributed by atoms with Crippen molar-refractivity contribution >= 4 is 23.2 Å². The molecule has 0 aliphatic carbocycles. The molecule has 1 amide bonds. The normalized spacial score (nSPS) is 10.7. The number of rotatable bonds is 9. The molecule has 0 unspecified atom stereocenters. The molecule has 0 aliphatic heterocycles. The Hall–Kier alpha value is -3.53. The van der Waals surface area contributed by atoms with Gasteiger partial charge in [-0.3, -0.25) is 14.3 Å². The van der Waals surface area contributed by atoms with Crippen molar-refractivity contribution in [2.24, 2.45) is 7.05 Å². The number of ketones is 1. The molecule has 0 saturated carbocycles. The largest absolute Gasteiger partial charge is 0.444 e. The van der Waals surface area contributed by atoms with E-state index in [-0.39, 0.29) is 29.5 Å². The summed E-state index contributed by atoms with van der Waals surface area (Å²) >= 11 is 0. The second kappa shape index (κ2) is 9.11. The third kappa shape index (κ3) is 4.85. The highest BCUT2D eigenvalue weighted by molar-refractivity contribution is 6.07. The molecule has 0 saturated heterocycles. The maximum atomic E-state index is 12.6. The molecule has 0 bridgehead atoms. The highest BCUT2D eigenvalue weighted by atomic mass is 16.5. The molecule has 0 radical (unpaired) electrons. The predicted octanol–water partition coefficient (Wildman–Crippen LogP) is 2.37. The van der Waals surface area contributed by atoms with Crippen LogP contribution in [0, 0.1) is 0 Å². The van der Waals surface area contributed by atoms with Crippen molar-refractivity contribution in [1.29, 1.82) is 0 Å². The second-order valence-electron chi connectivity index (χ2n) is 6.18. The standard InChI is InChI=1S/C19H22N6O4/c1-4-15(26)17-13(10-25(2)24-17)22-18(27)14-11-29-19(23-14)12-5-6-20-16(9-12)21-7-8-28-3/h5-6,9-11H,4,7-8H2,1-3H3,(H,20,21)(H,22,27). The number of aromatic nitrogens is 4. The van der Waals surface area contributed by atoms with E-state index >= 15 is 0 Å². The first-order valence-electron chi connectivity index (χ1n) is 9.04. The molecule has 0 aromatic carbocycles. The lowest BCUT2D eigenvalue weighted by Gasteiger charge is -2.05. The second-order valence-corrected chi connectivity index (χ2v) is 6.18. The third-order valence-electron chi connectivity index (χ3n) is 4.02. The van der Waals surface area contributed by atoms with Crippen LogP contribution in [-0.4, -0.2) is 51.7 Å². The number of amides is 1. The van der Waals surface area contributed by atoms with Crippen molar-refractivity contribution in [3.05, 3.63) is 42.2 Å². The molecule has 3 aromatic rings. The number of ether oxygens (including phenoxy) is 1. The molecular formula is C19H22N6O4. The Bertz CT molecular complexity index is 1010. The van der Waals surface area contributed by atoms with E-state index in [9.17, 15) is 9.59 Å². The molecule has 10 heteroatoms. The number of oxazole rings is 1. The topological polar surface area (TPSA) is 124 Å². The van der Waals surface area contributed by atoms with Gasteiger partial charge in [0.2, 0.25) is 5.89 Å². The van der Waals surface area contributed by atoms with Crippen molar-refractivity contribution in [2.45, 2.75) is 13.3 Å².